The molecule has 2 aromatic carbocycles. The lowest BCUT2D eigenvalue weighted by Crippen LogP contribution is -1.97. The normalized spacial score (nSPS) is 12.4. The Hall–Kier alpha value is -1.15. The standard InChI is InChI=1S/C15H14BrF/c1-11-6-8-12(9-7-11)14(16)10-13-4-2-3-5-15(13)17/h2-9,14H,10H2,1H3. The fraction of sp³-hybridized carbons (Fsp3) is 0.200. The van der Waals surface area contributed by atoms with Crippen molar-refractivity contribution < 1.29 is 4.39 Å². The molecule has 0 fully saturated rings. The van der Waals surface area contributed by atoms with E-state index in [-0.39, 0.29) is 10.6 Å². The zero-order valence-corrected chi connectivity index (χ0v) is 11.2. The van der Waals surface area contributed by atoms with E-state index in [2.05, 4.69) is 47.1 Å². The van der Waals surface area contributed by atoms with E-state index >= 15 is 0 Å². The van der Waals surface area contributed by atoms with Gasteiger partial charge in [0.25, 0.3) is 0 Å². The molecule has 0 aromatic heterocycles. The Morgan fingerprint density at radius 2 is 1.71 bits per heavy atom. The molecule has 0 aliphatic carbocycles. The maximum Gasteiger partial charge on any atom is 0.126 e. The summed E-state index contributed by atoms with van der Waals surface area (Å²) in [4.78, 5) is 0.153. The molecule has 0 amide bonds. The third kappa shape index (κ3) is 3.16. The summed E-state index contributed by atoms with van der Waals surface area (Å²) in [5, 5.41) is 0. The first-order chi connectivity index (χ1) is 8.16. The highest BCUT2D eigenvalue weighted by Crippen LogP contribution is 2.28. The maximum absolute atomic E-state index is 13.5. The predicted molar refractivity (Wildman–Crippen MR) is 73.0 cm³/mol. The highest BCUT2D eigenvalue weighted by molar-refractivity contribution is 9.09. The lowest BCUT2D eigenvalue weighted by atomic mass is 10.0. The van der Waals surface area contributed by atoms with E-state index in [1.165, 1.54) is 17.2 Å². The van der Waals surface area contributed by atoms with Gasteiger partial charge in [-0.05, 0) is 30.5 Å². The lowest BCUT2D eigenvalue weighted by molar-refractivity contribution is 0.608. The summed E-state index contributed by atoms with van der Waals surface area (Å²) in [6, 6.07) is 15.2. The first-order valence-corrected chi connectivity index (χ1v) is 6.52. The lowest BCUT2D eigenvalue weighted by Gasteiger charge is -2.11. The summed E-state index contributed by atoms with van der Waals surface area (Å²) in [6.45, 7) is 2.06. The Labute approximate surface area is 110 Å². The van der Waals surface area contributed by atoms with Gasteiger partial charge in [-0.25, -0.2) is 4.39 Å². The molecule has 1 atom stereocenters. The van der Waals surface area contributed by atoms with Crippen LogP contribution in [0.3, 0.4) is 0 Å². The van der Waals surface area contributed by atoms with Crippen LogP contribution in [-0.2, 0) is 6.42 Å². The van der Waals surface area contributed by atoms with Crippen LogP contribution in [0.15, 0.2) is 48.5 Å². The second kappa shape index (κ2) is 5.46. The molecule has 0 nitrogen and oxygen atoms in total. The second-order valence-corrected chi connectivity index (χ2v) is 5.28. The van der Waals surface area contributed by atoms with Crippen LogP contribution < -0.4 is 0 Å². The third-order valence-corrected chi connectivity index (χ3v) is 3.65. The van der Waals surface area contributed by atoms with Gasteiger partial charge < -0.3 is 0 Å². The summed E-state index contributed by atoms with van der Waals surface area (Å²) < 4.78 is 13.5. The molecule has 1 unspecified atom stereocenters. The van der Waals surface area contributed by atoms with Crippen molar-refractivity contribution in [2.45, 2.75) is 18.2 Å². The van der Waals surface area contributed by atoms with Crippen LogP contribution in [0.5, 0.6) is 0 Å². The molecule has 0 radical (unpaired) electrons. The zero-order chi connectivity index (χ0) is 12.3. The van der Waals surface area contributed by atoms with Crippen molar-refractivity contribution in [2.24, 2.45) is 0 Å². The van der Waals surface area contributed by atoms with Crippen molar-refractivity contribution in [2.75, 3.05) is 0 Å². The number of hydrogen-bond acceptors (Lipinski definition) is 0. The van der Waals surface area contributed by atoms with Crippen molar-refractivity contribution in [3.63, 3.8) is 0 Å². The molecule has 2 heteroatoms. The van der Waals surface area contributed by atoms with Crippen LogP contribution in [0.25, 0.3) is 0 Å². The summed E-state index contributed by atoms with van der Waals surface area (Å²) in [7, 11) is 0. The van der Waals surface area contributed by atoms with Crippen LogP contribution in [0.2, 0.25) is 0 Å². The van der Waals surface area contributed by atoms with E-state index in [0.29, 0.717) is 6.42 Å². The van der Waals surface area contributed by atoms with E-state index < -0.39 is 0 Å². The molecule has 2 aromatic rings. The van der Waals surface area contributed by atoms with E-state index in [0.717, 1.165) is 5.56 Å². The smallest absolute Gasteiger partial charge is 0.126 e. The van der Waals surface area contributed by atoms with Crippen LogP contribution in [0.1, 0.15) is 21.5 Å². The molecular formula is C15H14BrF. The highest BCUT2D eigenvalue weighted by Gasteiger charge is 2.10. The Bertz CT molecular complexity index is 491. The predicted octanol–water partition coefficient (Wildman–Crippen LogP) is 4.81. The molecule has 88 valence electrons. The summed E-state index contributed by atoms with van der Waals surface area (Å²) in [6.07, 6.45) is 0.662. The summed E-state index contributed by atoms with van der Waals surface area (Å²) >= 11 is 3.61. The summed E-state index contributed by atoms with van der Waals surface area (Å²) in [5.74, 6) is -0.135. The monoisotopic (exact) mass is 292 g/mol. The minimum atomic E-state index is -0.135. The Balaban J connectivity index is 2.14. The first kappa shape index (κ1) is 12.3. The number of aryl methyl sites for hydroxylation is 1. The van der Waals surface area contributed by atoms with Gasteiger partial charge in [-0.1, -0.05) is 64.0 Å². The van der Waals surface area contributed by atoms with Gasteiger partial charge in [0.05, 0.1) is 0 Å². The van der Waals surface area contributed by atoms with Crippen LogP contribution in [-0.4, -0.2) is 0 Å². The van der Waals surface area contributed by atoms with Crippen LogP contribution in [0, 0.1) is 12.7 Å². The molecule has 0 spiro atoms. The van der Waals surface area contributed by atoms with Crippen molar-refractivity contribution in [1.29, 1.82) is 0 Å². The number of alkyl halides is 1. The van der Waals surface area contributed by atoms with E-state index in [1.807, 2.05) is 12.1 Å². The average Bonchev–Trinajstić information content (AvgIpc) is 2.33. The molecule has 17 heavy (non-hydrogen) atoms. The number of benzene rings is 2. The topological polar surface area (TPSA) is 0 Å². The van der Waals surface area contributed by atoms with Gasteiger partial charge >= 0.3 is 0 Å². The van der Waals surface area contributed by atoms with Gasteiger partial charge in [0.1, 0.15) is 5.82 Å². The van der Waals surface area contributed by atoms with E-state index in [1.54, 1.807) is 6.07 Å². The van der Waals surface area contributed by atoms with Gasteiger partial charge in [-0.2, -0.15) is 0 Å². The molecule has 0 aliphatic heterocycles. The van der Waals surface area contributed by atoms with Gasteiger partial charge in [0, 0.05) is 4.83 Å². The van der Waals surface area contributed by atoms with Gasteiger partial charge in [-0.15, -0.1) is 0 Å². The molecule has 0 saturated carbocycles. The van der Waals surface area contributed by atoms with Gasteiger partial charge in [0.15, 0.2) is 0 Å². The maximum atomic E-state index is 13.5. The van der Waals surface area contributed by atoms with Gasteiger partial charge in [-0.3, -0.25) is 0 Å². The SMILES string of the molecule is Cc1ccc(C(Br)Cc2ccccc2F)cc1. The quantitative estimate of drug-likeness (QED) is 0.712. The average molecular weight is 293 g/mol. The van der Waals surface area contributed by atoms with Crippen LogP contribution >= 0.6 is 15.9 Å². The Kier molecular flexibility index (Phi) is 3.95. The minimum Gasteiger partial charge on any atom is -0.207 e. The van der Waals surface area contributed by atoms with Crippen LogP contribution in [0.4, 0.5) is 4.39 Å². The zero-order valence-electron chi connectivity index (χ0n) is 9.66. The van der Waals surface area contributed by atoms with Crippen molar-refractivity contribution >= 4 is 15.9 Å². The number of rotatable bonds is 3. The summed E-state index contributed by atoms with van der Waals surface area (Å²) in [5.41, 5.74) is 3.16. The molecule has 0 saturated heterocycles. The number of hydrogen-bond donors (Lipinski definition) is 0. The highest BCUT2D eigenvalue weighted by atomic mass is 79.9. The largest absolute Gasteiger partial charge is 0.207 e. The molecule has 0 heterocycles. The second-order valence-electron chi connectivity index (χ2n) is 4.17. The van der Waals surface area contributed by atoms with Crippen molar-refractivity contribution in [3.05, 3.63) is 71.0 Å². The number of halogens is 2. The van der Waals surface area contributed by atoms with E-state index in [9.17, 15) is 4.39 Å². The fourth-order valence-corrected chi connectivity index (χ4v) is 2.40. The molecular weight excluding hydrogens is 279 g/mol. The van der Waals surface area contributed by atoms with E-state index in [4.69, 9.17) is 0 Å². The fourth-order valence-electron chi connectivity index (χ4n) is 1.75. The molecule has 0 aliphatic rings. The van der Waals surface area contributed by atoms with Crippen molar-refractivity contribution in [1.82, 2.24) is 0 Å². The third-order valence-electron chi connectivity index (χ3n) is 2.80. The minimum absolute atomic E-state index is 0.135. The molecule has 2 rings (SSSR count). The Morgan fingerprint density at radius 1 is 1.06 bits per heavy atom. The van der Waals surface area contributed by atoms with Crippen molar-refractivity contribution in [3.8, 4) is 0 Å². The van der Waals surface area contributed by atoms with Gasteiger partial charge in [0.2, 0.25) is 0 Å². The Morgan fingerprint density at radius 3 is 2.35 bits per heavy atom. The first-order valence-electron chi connectivity index (χ1n) is 5.61. The molecule has 0 bridgehead atoms. The molecule has 0 N–H and O–H groups in total.